The smallest absolute Gasteiger partial charge is 0.255 e. The van der Waals surface area contributed by atoms with Crippen molar-refractivity contribution in [1.29, 1.82) is 0 Å². The Morgan fingerprint density at radius 1 is 1.18 bits per heavy atom. The van der Waals surface area contributed by atoms with Gasteiger partial charge in [0.05, 0.1) is 40.9 Å². The monoisotopic (exact) mass is 478 g/mol. The molecule has 2 atom stereocenters. The van der Waals surface area contributed by atoms with Crippen molar-refractivity contribution in [2.75, 3.05) is 13.2 Å². The molecule has 1 aromatic carbocycles. The number of carbonyl (C=O) groups excluding carboxylic acids is 1. The van der Waals surface area contributed by atoms with Crippen LogP contribution >= 0.6 is 11.3 Å². The molecule has 0 unspecified atom stereocenters. The number of aromatic nitrogens is 3. The van der Waals surface area contributed by atoms with Crippen molar-refractivity contribution < 1.29 is 14.3 Å². The minimum absolute atomic E-state index is 0.0487. The summed E-state index contributed by atoms with van der Waals surface area (Å²) in [5, 5.41) is 3.94. The van der Waals surface area contributed by atoms with Gasteiger partial charge in [0, 0.05) is 23.9 Å². The van der Waals surface area contributed by atoms with Crippen molar-refractivity contribution in [3.8, 4) is 16.3 Å². The summed E-state index contributed by atoms with van der Waals surface area (Å²) < 4.78 is 12.1. The molecule has 0 bridgehead atoms. The first-order valence-electron chi connectivity index (χ1n) is 12.0. The molecule has 2 fully saturated rings. The normalized spacial score (nSPS) is 18.9. The molecule has 7 nitrogen and oxygen atoms in total. The van der Waals surface area contributed by atoms with E-state index in [2.05, 4.69) is 15.3 Å². The molecular weight excluding hydrogens is 448 g/mol. The number of aryl methyl sites for hydroxylation is 1. The SMILES string of the molecule is Cc1cnc([C@@H](C)NC(=O)c2cccc(-c3ncc(C4CCC4)s3)c2OC[C@H]2CCCO2)cn1. The predicted octanol–water partition coefficient (Wildman–Crippen LogP) is 5.22. The Morgan fingerprint density at radius 3 is 2.76 bits per heavy atom. The van der Waals surface area contributed by atoms with Gasteiger partial charge in [0.25, 0.3) is 5.91 Å². The van der Waals surface area contributed by atoms with E-state index in [4.69, 9.17) is 14.5 Å². The Balaban J connectivity index is 1.42. The minimum atomic E-state index is -0.291. The molecule has 2 aromatic heterocycles. The fraction of sp³-hybridized carbons (Fsp3) is 0.462. The highest BCUT2D eigenvalue weighted by Gasteiger charge is 2.26. The maximum atomic E-state index is 13.4. The molecule has 3 aromatic rings. The summed E-state index contributed by atoms with van der Waals surface area (Å²) in [7, 11) is 0. The first kappa shape index (κ1) is 22.9. The second kappa shape index (κ2) is 10.2. The zero-order valence-corrected chi connectivity index (χ0v) is 20.4. The molecule has 5 rings (SSSR count). The lowest BCUT2D eigenvalue weighted by atomic mass is 9.85. The van der Waals surface area contributed by atoms with Crippen molar-refractivity contribution >= 4 is 17.2 Å². The van der Waals surface area contributed by atoms with Crippen molar-refractivity contribution in [2.45, 2.75) is 64.0 Å². The minimum Gasteiger partial charge on any atom is -0.489 e. The number of rotatable bonds is 8. The molecule has 1 amide bonds. The molecule has 34 heavy (non-hydrogen) atoms. The van der Waals surface area contributed by atoms with Gasteiger partial charge < -0.3 is 14.8 Å². The molecule has 3 heterocycles. The third kappa shape index (κ3) is 4.98. The number of ether oxygens (including phenoxy) is 2. The van der Waals surface area contributed by atoms with Gasteiger partial charge in [0.15, 0.2) is 0 Å². The van der Waals surface area contributed by atoms with Gasteiger partial charge in [-0.1, -0.05) is 12.5 Å². The molecular formula is C26H30N4O3S. The van der Waals surface area contributed by atoms with Crippen LogP contribution in [-0.4, -0.2) is 40.2 Å². The van der Waals surface area contributed by atoms with Crippen molar-refractivity contribution in [3.63, 3.8) is 0 Å². The van der Waals surface area contributed by atoms with Crippen LogP contribution in [0.5, 0.6) is 5.75 Å². The zero-order chi connectivity index (χ0) is 23.5. The topological polar surface area (TPSA) is 86.2 Å². The Kier molecular flexibility index (Phi) is 6.87. The summed E-state index contributed by atoms with van der Waals surface area (Å²) in [6.07, 6.45) is 11.2. The van der Waals surface area contributed by atoms with Crippen LogP contribution in [0.25, 0.3) is 10.6 Å². The first-order valence-corrected chi connectivity index (χ1v) is 12.8. The quantitative estimate of drug-likeness (QED) is 0.477. The lowest BCUT2D eigenvalue weighted by Crippen LogP contribution is -2.28. The molecule has 8 heteroatoms. The fourth-order valence-corrected chi connectivity index (χ4v) is 5.37. The second-order valence-electron chi connectivity index (χ2n) is 9.10. The van der Waals surface area contributed by atoms with Crippen LogP contribution in [0.4, 0.5) is 0 Å². The maximum absolute atomic E-state index is 13.4. The number of hydrogen-bond acceptors (Lipinski definition) is 7. The molecule has 1 aliphatic carbocycles. The highest BCUT2D eigenvalue weighted by atomic mass is 32.1. The maximum Gasteiger partial charge on any atom is 0.255 e. The van der Waals surface area contributed by atoms with Crippen molar-refractivity contribution in [2.24, 2.45) is 0 Å². The van der Waals surface area contributed by atoms with Crippen LogP contribution in [0.3, 0.4) is 0 Å². The molecule has 1 saturated heterocycles. The van der Waals surface area contributed by atoms with E-state index in [1.165, 1.54) is 24.1 Å². The van der Waals surface area contributed by atoms with Crippen molar-refractivity contribution in [3.05, 3.63) is 58.6 Å². The van der Waals surface area contributed by atoms with Gasteiger partial charge in [-0.2, -0.15) is 0 Å². The average Bonchev–Trinajstić information content (AvgIpc) is 3.49. The van der Waals surface area contributed by atoms with Crippen molar-refractivity contribution in [1.82, 2.24) is 20.3 Å². The van der Waals surface area contributed by atoms with E-state index in [-0.39, 0.29) is 18.1 Å². The van der Waals surface area contributed by atoms with E-state index in [0.717, 1.165) is 35.7 Å². The standard InChI is InChI=1S/C26H30N4O3S/c1-16-12-28-22(13-27-16)17(2)30-25(31)20-9-4-10-21(24(20)33-15-19-8-5-11-32-19)26-29-14-23(34-26)18-6-3-7-18/h4,9-10,12-14,17-19H,3,5-8,11,15H2,1-2H3,(H,30,31)/t17-,19-/m1/s1. The summed E-state index contributed by atoms with van der Waals surface area (Å²) in [5.74, 6) is 0.965. The van der Waals surface area contributed by atoms with E-state index >= 15 is 0 Å². The number of carbonyl (C=O) groups is 1. The molecule has 2 aliphatic rings. The van der Waals surface area contributed by atoms with Crippen LogP contribution < -0.4 is 10.1 Å². The predicted molar refractivity (Wildman–Crippen MR) is 131 cm³/mol. The Bertz CT molecular complexity index is 1140. The van der Waals surface area contributed by atoms with Gasteiger partial charge in [-0.25, -0.2) is 4.98 Å². The Morgan fingerprint density at radius 2 is 2.06 bits per heavy atom. The zero-order valence-electron chi connectivity index (χ0n) is 19.6. The number of hydrogen-bond donors (Lipinski definition) is 1. The van der Waals surface area contributed by atoms with Gasteiger partial charge in [0.1, 0.15) is 17.4 Å². The molecule has 1 aliphatic heterocycles. The number of nitrogens with one attached hydrogen (secondary N) is 1. The van der Waals surface area contributed by atoms with Crippen LogP contribution in [0, 0.1) is 6.92 Å². The van der Waals surface area contributed by atoms with E-state index < -0.39 is 0 Å². The average molecular weight is 479 g/mol. The molecule has 0 spiro atoms. The van der Waals surface area contributed by atoms with E-state index in [1.807, 2.05) is 32.2 Å². The van der Waals surface area contributed by atoms with Crippen LogP contribution in [0.2, 0.25) is 0 Å². The van der Waals surface area contributed by atoms with E-state index in [9.17, 15) is 4.79 Å². The van der Waals surface area contributed by atoms with Gasteiger partial charge in [-0.15, -0.1) is 11.3 Å². The highest BCUT2D eigenvalue weighted by Crippen LogP contribution is 2.43. The number of nitrogens with zero attached hydrogens (tertiary/aromatic N) is 3. The first-order chi connectivity index (χ1) is 16.6. The molecule has 1 saturated carbocycles. The summed E-state index contributed by atoms with van der Waals surface area (Å²) in [4.78, 5) is 28.1. The van der Waals surface area contributed by atoms with E-state index in [0.29, 0.717) is 29.5 Å². The van der Waals surface area contributed by atoms with Gasteiger partial charge >= 0.3 is 0 Å². The summed E-state index contributed by atoms with van der Waals surface area (Å²) in [6.45, 7) is 4.96. The lowest BCUT2D eigenvalue weighted by molar-refractivity contribution is 0.0672. The largest absolute Gasteiger partial charge is 0.489 e. The number of benzene rings is 1. The highest BCUT2D eigenvalue weighted by molar-refractivity contribution is 7.15. The molecule has 0 radical (unpaired) electrons. The summed E-state index contributed by atoms with van der Waals surface area (Å²) in [5.41, 5.74) is 2.89. The fourth-order valence-electron chi connectivity index (χ4n) is 4.26. The van der Waals surface area contributed by atoms with Gasteiger partial charge in [0.2, 0.25) is 0 Å². The molecule has 1 N–H and O–H groups in total. The van der Waals surface area contributed by atoms with Crippen LogP contribution in [-0.2, 0) is 4.74 Å². The van der Waals surface area contributed by atoms with E-state index in [1.54, 1.807) is 29.8 Å². The second-order valence-corrected chi connectivity index (χ2v) is 10.2. The molecule has 178 valence electrons. The van der Waals surface area contributed by atoms with Crippen LogP contribution in [0.15, 0.2) is 36.8 Å². The van der Waals surface area contributed by atoms with Crippen LogP contribution in [0.1, 0.15) is 77.6 Å². The van der Waals surface area contributed by atoms with Gasteiger partial charge in [-0.3, -0.25) is 14.8 Å². The summed E-state index contributed by atoms with van der Waals surface area (Å²) in [6, 6.07) is 5.39. The number of amides is 1. The lowest BCUT2D eigenvalue weighted by Gasteiger charge is -2.23. The third-order valence-electron chi connectivity index (χ3n) is 6.55. The van der Waals surface area contributed by atoms with Gasteiger partial charge in [-0.05, 0) is 57.6 Å². The number of para-hydroxylation sites is 1. The Labute approximate surface area is 204 Å². The Hall–Kier alpha value is -2.84. The number of thiazole rings is 1. The third-order valence-corrected chi connectivity index (χ3v) is 7.74. The summed E-state index contributed by atoms with van der Waals surface area (Å²) >= 11 is 1.70.